The summed E-state index contributed by atoms with van der Waals surface area (Å²) in [6.07, 6.45) is 4.26. The Balaban J connectivity index is 1.93. The van der Waals surface area contributed by atoms with Gasteiger partial charge in [-0.1, -0.05) is 13.0 Å². The van der Waals surface area contributed by atoms with Crippen LogP contribution in [0.1, 0.15) is 31.1 Å². The van der Waals surface area contributed by atoms with Crippen LogP contribution >= 0.6 is 11.8 Å². The molecule has 0 saturated heterocycles. The van der Waals surface area contributed by atoms with E-state index in [-0.39, 0.29) is 0 Å². The van der Waals surface area contributed by atoms with E-state index < -0.39 is 0 Å². The third-order valence-corrected chi connectivity index (χ3v) is 4.80. The van der Waals surface area contributed by atoms with Gasteiger partial charge in [-0.25, -0.2) is 0 Å². The Labute approximate surface area is 130 Å². The number of hydrogen-bond acceptors (Lipinski definition) is 4. The number of rotatable bonds is 7. The minimum Gasteiger partial charge on any atom is -0.467 e. The van der Waals surface area contributed by atoms with Gasteiger partial charge in [0.25, 0.3) is 0 Å². The van der Waals surface area contributed by atoms with Gasteiger partial charge in [0.05, 0.1) is 12.8 Å². The van der Waals surface area contributed by atoms with E-state index in [4.69, 9.17) is 10.2 Å². The zero-order valence-corrected chi connectivity index (χ0v) is 13.2. The van der Waals surface area contributed by atoms with Gasteiger partial charge in [-0.2, -0.15) is 0 Å². The minimum atomic E-state index is 0.583. The number of hydrogen-bond donors (Lipinski definition) is 1. The number of benzene rings is 1. The molecular weight excluding hydrogens is 280 g/mol. The van der Waals surface area contributed by atoms with Crippen molar-refractivity contribution < 1.29 is 4.42 Å². The van der Waals surface area contributed by atoms with Crippen LogP contribution < -0.4 is 10.6 Å². The Kier molecular flexibility index (Phi) is 4.56. The van der Waals surface area contributed by atoms with Crippen LogP contribution in [0.3, 0.4) is 0 Å². The van der Waals surface area contributed by atoms with Crippen LogP contribution in [0.2, 0.25) is 0 Å². The third-order valence-electron chi connectivity index (χ3n) is 3.82. The van der Waals surface area contributed by atoms with Crippen molar-refractivity contribution in [3.05, 3.63) is 47.9 Å². The summed E-state index contributed by atoms with van der Waals surface area (Å²) in [6.45, 7) is 3.59. The van der Waals surface area contributed by atoms with E-state index in [0.29, 0.717) is 12.6 Å². The van der Waals surface area contributed by atoms with Gasteiger partial charge in [-0.05, 0) is 42.9 Å². The predicted molar refractivity (Wildman–Crippen MR) is 88.6 cm³/mol. The highest BCUT2D eigenvalue weighted by Crippen LogP contribution is 2.38. The monoisotopic (exact) mass is 302 g/mol. The molecule has 2 N–H and O–H groups in total. The van der Waals surface area contributed by atoms with Crippen molar-refractivity contribution >= 4 is 17.4 Å². The Hall–Kier alpha value is -1.39. The fourth-order valence-electron chi connectivity index (χ4n) is 2.69. The Bertz CT molecular complexity index is 578. The lowest BCUT2D eigenvalue weighted by molar-refractivity contribution is 0.501. The van der Waals surface area contributed by atoms with E-state index in [1.54, 1.807) is 6.26 Å². The average molecular weight is 302 g/mol. The lowest BCUT2D eigenvalue weighted by atomic mass is 10.1. The molecule has 0 bridgehead atoms. The van der Waals surface area contributed by atoms with Crippen molar-refractivity contribution in [2.24, 2.45) is 5.73 Å². The summed E-state index contributed by atoms with van der Waals surface area (Å²) in [4.78, 5) is 3.77. The zero-order valence-electron chi connectivity index (χ0n) is 12.4. The molecule has 1 aromatic heterocycles. The maximum Gasteiger partial charge on any atom is 0.123 e. The average Bonchev–Trinajstić information content (AvgIpc) is 3.21. The van der Waals surface area contributed by atoms with Crippen molar-refractivity contribution in [3.63, 3.8) is 0 Å². The second-order valence-corrected chi connectivity index (χ2v) is 6.64. The second kappa shape index (κ2) is 6.58. The molecule has 1 aliphatic carbocycles. The largest absolute Gasteiger partial charge is 0.467 e. The molecule has 4 heteroatoms. The van der Waals surface area contributed by atoms with Crippen LogP contribution in [0.5, 0.6) is 0 Å². The summed E-state index contributed by atoms with van der Waals surface area (Å²) in [6, 6.07) is 11.1. The summed E-state index contributed by atoms with van der Waals surface area (Å²) in [5.74, 6) is 2.08. The molecule has 0 amide bonds. The van der Waals surface area contributed by atoms with Crippen molar-refractivity contribution in [2.75, 3.05) is 10.7 Å². The fraction of sp³-hybridized carbons (Fsp3) is 0.412. The maximum absolute atomic E-state index is 6.05. The second-order valence-electron chi connectivity index (χ2n) is 5.33. The maximum atomic E-state index is 6.05. The molecule has 1 heterocycles. The lowest BCUT2D eigenvalue weighted by Crippen LogP contribution is -2.26. The van der Waals surface area contributed by atoms with Crippen LogP contribution in [0.4, 0.5) is 5.69 Å². The van der Waals surface area contributed by atoms with Crippen molar-refractivity contribution in [1.82, 2.24) is 0 Å². The molecule has 21 heavy (non-hydrogen) atoms. The zero-order chi connectivity index (χ0) is 14.7. The number of anilines is 1. The number of furan rings is 1. The molecule has 2 aromatic rings. The van der Waals surface area contributed by atoms with Crippen LogP contribution in [0.15, 0.2) is 45.9 Å². The number of nitrogens with zero attached hydrogens (tertiary/aromatic N) is 1. The first kappa shape index (κ1) is 14.5. The van der Waals surface area contributed by atoms with Gasteiger partial charge in [0.15, 0.2) is 0 Å². The summed E-state index contributed by atoms with van der Waals surface area (Å²) >= 11 is 1.87. The summed E-state index contributed by atoms with van der Waals surface area (Å²) in [5.41, 5.74) is 8.59. The molecule has 1 fully saturated rings. The smallest absolute Gasteiger partial charge is 0.123 e. The van der Waals surface area contributed by atoms with Crippen LogP contribution in [0, 0.1) is 0 Å². The van der Waals surface area contributed by atoms with Crippen molar-refractivity contribution in [2.45, 2.75) is 43.8 Å². The minimum absolute atomic E-state index is 0.583. The summed E-state index contributed by atoms with van der Waals surface area (Å²) in [5, 5.41) is 0. The first-order valence-corrected chi connectivity index (χ1v) is 8.55. The predicted octanol–water partition coefficient (Wildman–Crippen LogP) is 4.02. The fourth-order valence-corrected chi connectivity index (χ4v) is 3.53. The standard InChI is InChI=1S/C17H22N2OS/c1-2-21-17-7-3-6-16(15(17)11-18)19(13-8-9-13)12-14-5-4-10-20-14/h3-7,10,13H,2,8-9,11-12,18H2,1H3. The van der Waals surface area contributed by atoms with E-state index in [9.17, 15) is 0 Å². The Morgan fingerprint density at radius 3 is 2.76 bits per heavy atom. The highest BCUT2D eigenvalue weighted by Gasteiger charge is 2.31. The van der Waals surface area contributed by atoms with E-state index in [1.807, 2.05) is 23.9 Å². The van der Waals surface area contributed by atoms with E-state index in [1.165, 1.54) is 29.0 Å². The summed E-state index contributed by atoms with van der Waals surface area (Å²) in [7, 11) is 0. The van der Waals surface area contributed by atoms with Crippen LogP contribution in [-0.2, 0) is 13.1 Å². The lowest BCUT2D eigenvalue weighted by Gasteiger charge is -2.27. The summed E-state index contributed by atoms with van der Waals surface area (Å²) < 4.78 is 5.54. The van der Waals surface area contributed by atoms with Crippen molar-refractivity contribution in [1.29, 1.82) is 0 Å². The SMILES string of the molecule is CCSc1cccc(N(Cc2ccco2)C2CC2)c1CN. The molecule has 0 aliphatic heterocycles. The van der Waals surface area contributed by atoms with Gasteiger partial charge in [0.2, 0.25) is 0 Å². The first-order chi connectivity index (χ1) is 10.3. The highest BCUT2D eigenvalue weighted by atomic mass is 32.2. The molecule has 0 unspecified atom stereocenters. The molecule has 0 radical (unpaired) electrons. The Morgan fingerprint density at radius 2 is 2.14 bits per heavy atom. The van der Waals surface area contributed by atoms with Crippen LogP contribution in [-0.4, -0.2) is 11.8 Å². The highest BCUT2D eigenvalue weighted by molar-refractivity contribution is 7.99. The van der Waals surface area contributed by atoms with Gasteiger partial charge in [0, 0.05) is 28.7 Å². The van der Waals surface area contributed by atoms with Gasteiger partial charge >= 0.3 is 0 Å². The van der Waals surface area contributed by atoms with Gasteiger partial charge < -0.3 is 15.1 Å². The molecule has 0 atom stereocenters. The molecule has 1 aromatic carbocycles. The van der Waals surface area contributed by atoms with Gasteiger partial charge in [-0.15, -0.1) is 11.8 Å². The molecule has 0 spiro atoms. The quantitative estimate of drug-likeness (QED) is 0.784. The molecular formula is C17H22N2OS. The molecule has 3 nitrogen and oxygen atoms in total. The van der Waals surface area contributed by atoms with E-state index in [2.05, 4.69) is 30.0 Å². The molecule has 1 saturated carbocycles. The molecule has 1 aliphatic rings. The van der Waals surface area contributed by atoms with Gasteiger partial charge in [0.1, 0.15) is 5.76 Å². The topological polar surface area (TPSA) is 42.4 Å². The molecule has 112 valence electrons. The van der Waals surface area contributed by atoms with Crippen LogP contribution in [0.25, 0.3) is 0 Å². The number of thioether (sulfide) groups is 1. The van der Waals surface area contributed by atoms with Gasteiger partial charge in [-0.3, -0.25) is 0 Å². The number of nitrogens with two attached hydrogens (primary N) is 1. The van der Waals surface area contributed by atoms with E-state index >= 15 is 0 Å². The van der Waals surface area contributed by atoms with E-state index in [0.717, 1.165) is 18.1 Å². The first-order valence-electron chi connectivity index (χ1n) is 7.57. The normalized spacial score (nSPS) is 14.4. The third kappa shape index (κ3) is 3.27. The molecule has 3 rings (SSSR count). The van der Waals surface area contributed by atoms with Crippen molar-refractivity contribution in [3.8, 4) is 0 Å². The Morgan fingerprint density at radius 1 is 1.29 bits per heavy atom.